The fourth-order valence-corrected chi connectivity index (χ4v) is 4.94. The Labute approximate surface area is 162 Å². The Hall–Kier alpha value is -1.91. The van der Waals surface area contributed by atoms with Crippen molar-refractivity contribution in [3.05, 3.63) is 59.9 Å². The first-order chi connectivity index (χ1) is 13.1. The van der Waals surface area contributed by atoms with Gasteiger partial charge in [-0.2, -0.15) is 0 Å². The van der Waals surface area contributed by atoms with Crippen molar-refractivity contribution in [3.63, 3.8) is 0 Å². The van der Waals surface area contributed by atoms with Crippen LogP contribution >= 0.6 is 0 Å². The summed E-state index contributed by atoms with van der Waals surface area (Å²) in [6.07, 6.45) is 5.32. The van der Waals surface area contributed by atoms with Crippen LogP contribution < -0.4 is 4.74 Å². The molecule has 2 aromatic rings. The van der Waals surface area contributed by atoms with E-state index < -0.39 is 5.60 Å². The number of likely N-dealkylation sites (tertiary alicyclic amines) is 1. The van der Waals surface area contributed by atoms with E-state index in [4.69, 9.17) is 4.74 Å². The van der Waals surface area contributed by atoms with E-state index in [9.17, 15) is 5.11 Å². The molecule has 144 valence electrons. The van der Waals surface area contributed by atoms with Gasteiger partial charge in [-0.05, 0) is 56.5 Å². The first-order valence-corrected chi connectivity index (χ1v) is 10.2. The highest BCUT2D eigenvalue weighted by Gasteiger charge is 2.52. The summed E-state index contributed by atoms with van der Waals surface area (Å²) in [5, 5.41) is 11.6. The van der Waals surface area contributed by atoms with Gasteiger partial charge in [0.25, 0.3) is 0 Å². The summed E-state index contributed by atoms with van der Waals surface area (Å²) < 4.78 is 5.84. The van der Waals surface area contributed by atoms with Gasteiger partial charge in [-0.3, -0.25) is 9.88 Å². The third-order valence-electron chi connectivity index (χ3n) is 6.06. The SMILES string of the molecule is CC(C)Oc1cccc(CN2CC3CCCC(C2)C3(O)c2ccccn2)c1. The van der Waals surface area contributed by atoms with Crippen LogP contribution in [0.3, 0.4) is 0 Å². The average Bonchev–Trinajstić information content (AvgIpc) is 2.63. The Kier molecular flexibility index (Phi) is 5.20. The van der Waals surface area contributed by atoms with Gasteiger partial charge in [-0.15, -0.1) is 0 Å². The van der Waals surface area contributed by atoms with E-state index in [-0.39, 0.29) is 17.9 Å². The Bertz CT molecular complexity index is 748. The maximum absolute atomic E-state index is 11.6. The monoisotopic (exact) mass is 366 g/mol. The minimum Gasteiger partial charge on any atom is -0.491 e. The summed E-state index contributed by atoms with van der Waals surface area (Å²) in [6.45, 7) is 6.84. The molecule has 1 N–H and O–H groups in total. The smallest absolute Gasteiger partial charge is 0.120 e. The lowest BCUT2D eigenvalue weighted by molar-refractivity contribution is -0.151. The predicted molar refractivity (Wildman–Crippen MR) is 106 cm³/mol. The molecule has 1 aliphatic heterocycles. The minimum atomic E-state index is -0.779. The van der Waals surface area contributed by atoms with Gasteiger partial charge in [0.1, 0.15) is 11.4 Å². The van der Waals surface area contributed by atoms with Gasteiger partial charge in [0.15, 0.2) is 0 Å². The summed E-state index contributed by atoms with van der Waals surface area (Å²) in [7, 11) is 0. The van der Waals surface area contributed by atoms with Gasteiger partial charge in [0.2, 0.25) is 0 Å². The highest BCUT2D eigenvalue weighted by molar-refractivity contribution is 5.29. The Morgan fingerprint density at radius 3 is 2.59 bits per heavy atom. The van der Waals surface area contributed by atoms with Crippen molar-refractivity contribution in [2.24, 2.45) is 11.8 Å². The number of nitrogens with zero attached hydrogens (tertiary/aromatic N) is 2. The number of rotatable bonds is 5. The Morgan fingerprint density at radius 2 is 1.93 bits per heavy atom. The summed E-state index contributed by atoms with van der Waals surface area (Å²) in [4.78, 5) is 7.02. The molecule has 1 aromatic carbocycles. The molecule has 2 heterocycles. The molecule has 1 aromatic heterocycles. The van der Waals surface area contributed by atoms with Gasteiger partial charge in [0.05, 0.1) is 11.8 Å². The van der Waals surface area contributed by atoms with Crippen LogP contribution in [0.4, 0.5) is 0 Å². The van der Waals surface area contributed by atoms with Crippen molar-refractivity contribution in [1.82, 2.24) is 9.88 Å². The van der Waals surface area contributed by atoms with E-state index in [1.165, 1.54) is 12.0 Å². The largest absolute Gasteiger partial charge is 0.491 e. The van der Waals surface area contributed by atoms with Crippen LogP contribution in [0.1, 0.15) is 44.4 Å². The molecule has 2 aliphatic rings. The second-order valence-corrected chi connectivity index (χ2v) is 8.37. The third kappa shape index (κ3) is 3.74. The average molecular weight is 367 g/mol. The van der Waals surface area contributed by atoms with Gasteiger partial charge in [0, 0.05) is 37.7 Å². The number of hydrogen-bond donors (Lipinski definition) is 1. The first-order valence-electron chi connectivity index (χ1n) is 10.2. The zero-order valence-corrected chi connectivity index (χ0v) is 16.3. The molecule has 2 fully saturated rings. The number of hydrogen-bond acceptors (Lipinski definition) is 4. The van der Waals surface area contributed by atoms with Crippen LogP contribution in [0.5, 0.6) is 5.75 Å². The number of ether oxygens (including phenoxy) is 1. The van der Waals surface area contributed by atoms with Crippen LogP contribution in [0, 0.1) is 11.8 Å². The van der Waals surface area contributed by atoms with Crippen molar-refractivity contribution < 1.29 is 9.84 Å². The molecule has 4 nitrogen and oxygen atoms in total. The van der Waals surface area contributed by atoms with Gasteiger partial charge >= 0.3 is 0 Å². The molecule has 1 aliphatic carbocycles. The van der Waals surface area contributed by atoms with Gasteiger partial charge in [-0.1, -0.05) is 24.6 Å². The van der Waals surface area contributed by atoms with E-state index in [0.29, 0.717) is 0 Å². The molecule has 2 unspecified atom stereocenters. The minimum absolute atomic E-state index is 0.183. The Balaban J connectivity index is 1.51. The number of aliphatic hydroxyl groups is 1. The number of piperidine rings is 1. The van der Waals surface area contributed by atoms with E-state index in [0.717, 1.165) is 43.9 Å². The highest BCUT2D eigenvalue weighted by Crippen LogP contribution is 2.48. The predicted octanol–water partition coefficient (Wildman–Crippen LogP) is 3.99. The first kappa shape index (κ1) is 18.5. The zero-order chi connectivity index (χ0) is 18.9. The van der Waals surface area contributed by atoms with E-state index in [2.05, 4.69) is 41.9 Å². The quantitative estimate of drug-likeness (QED) is 0.869. The van der Waals surface area contributed by atoms with Gasteiger partial charge in [-0.25, -0.2) is 0 Å². The van der Waals surface area contributed by atoms with Gasteiger partial charge < -0.3 is 9.84 Å². The number of aromatic nitrogens is 1. The zero-order valence-electron chi connectivity index (χ0n) is 16.3. The fraction of sp³-hybridized carbons (Fsp3) is 0.522. The van der Waals surface area contributed by atoms with Crippen molar-refractivity contribution in [1.29, 1.82) is 0 Å². The van der Waals surface area contributed by atoms with E-state index in [1.807, 2.05) is 24.3 Å². The normalized spacial score (nSPS) is 28.3. The molecule has 0 spiro atoms. The maximum Gasteiger partial charge on any atom is 0.120 e. The standard InChI is InChI=1S/C23H30N2O2/c1-17(2)27-21-10-5-7-18(13-21)14-25-15-19-8-6-9-20(16-25)23(19,26)22-11-3-4-12-24-22/h3-5,7,10-13,17,19-20,26H,6,8-9,14-16H2,1-2H3. The van der Waals surface area contributed by atoms with E-state index in [1.54, 1.807) is 6.20 Å². The molecule has 0 radical (unpaired) electrons. The molecule has 4 rings (SSSR count). The molecule has 4 heteroatoms. The summed E-state index contributed by atoms with van der Waals surface area (Å²) in [5.74, 6) is 1.43. The summed E-state index contributed by atoms with van der Waals surface area (Å²) >= 11 is 0. The van der Waals surface area contributed by atoms with Crippen LogP contribution in [0.25, 0.3) is 0 Å². The molecular weight excluding hydrogens is 336 g/mol. The molecular formula is C23H30N2O2. The molecule has 1 saturated carbocycles. The third-order valence-corrected chi connectivity index (χ3v) is 6.06. The lowest BCUT2D eigenvalue weighted by Gasteiger charge is -2.52. The highest BCUT2D eigenvalue weighted by atomic mass is 16.5. The number of benzene rings is 1. The van der Waals surface area contributed by atoms with Crippen molar-refractivity contribution in [3.8, 4) is 5.75 Å². The van der Waals surface area contributed by atoms with E-state index >= 15 is 0 Å². The number of fused-ring (bicyclic) bond motifs is 2. The summed E-state index contributed by atoms with van der Waals surface area (Å²) in [5.41, 5.74) is 1.35. The Morgan fingerprint density at radius 1 is 1.15 bits per heavy atom. The van der Waals surface area contributed by atoms with Crippen LogP contribution in [0.2, 0.25) is 0 Å². The molecule has 27 heavy (non-hydrogen) atoms. The van der Waals surface area contributed by atoms with Crippen LogP contribution in [-0.4, -0.2) is 34.2 Å². The number of pyridine rings is 1. The van der Waals surface area contributed by atoms with Crippen LogP contribution in [0.15, 0.2) is 48.7 Å². The maximum atomic E-state index is 11.6. The second-order valence-electron chi connectivity index (χ2n) is 8.37. The van der Waals surface area contributed by atoms with Crippen LogP contribution in [-0.2, 0) is 12.1 Å². The second kappa shape index (κ2) is 7.61. The van der Waals surface area contributed by atoms with Crippen molar-refractivity contribution >= 4 is 0 Å². The fourth-order valence-electron chi connectivity index (χ4n) is 4.94. The molecule has 2 atom stereocenters. The molecule has 2 bridgehead atoms. The lowest BCUT2D eigenvalue weighted by Crippen LogP contribution is -2.58. The van der Waals surface area contributed by atoms with Crippen molar-refractivity contribution in [2.45, 2.75) is 51.4 Å². The lowest BCUT2D eigenvalue weighted by atomic mass is 9.64. The van der Waals surface area contributed by atoms with Crippen molar-refractivity contribution in [2.75, 3.05) is 13.1 Å². The summed E-state index contributed by atoms with van der Waals surface area (Å²) in [6, 6.07) is 14.3. The topological polar surface area (TPSA) is 45.6 Å². The molecule has 0 amide bonds. The molecule has 1 saturated heterocycles.